The number of pyridine rings is 2. The van der Waals surface area contributed by atoms with Gasteiger partial charge in [0, 0.05) is 39.2 Å². The summed E-state index contributed by atoms with van der Waals surface area (Å²) in [4.78, 5) is 10.3. The van der Waals surface area contributed by atoms with Crippen LogP contribution in [0, 0.1) is 13.8 Å². The van der Waals surface area contributed by atoms with Crippen LogP contribution in [0.4, 0.5) is 0 Å². The molecular formula is C60H59N3O. The number of hydrogen-bond acceptors (Lipinski definition) is 3. The fraction of sp³-hybridized carbons (Fsp3) is 0.233. The van der Waals surface area contributed by atoms with Crippen LogP contribution in [0.5, 0.6) is 5.75 Å². The smallest absolute Gasteiger partial charge is 0.124 e. The summed E-state index contributed by atoms with van der Waals surface area (Å²) in [5, 5.41) is 13.5. The molecule has 0 aliphatic carbocycles. The van der Waals surface area contributed by atoms with E-state index in [0.29, 0.717) is 5.56 Å². The summed E-state index contributed by atoms with van der Waals surface area (Å²) < 4.78 is 2.45. The van der Waals surface area contributed by atoms with E-state index >= 15 is 0 Å². The largest absolute Gasteiger partial charge is 0.507 e. The Balaban J connectivity index is 1.18. The predicted octanol–water partition coefficient (Wildman–Crippen LogP) is 16.1. The molecular weight excluding hydrogens is 779 g/mol. The maximum Gasteiger partial charge on any atom is 0.124 e. The summed E-state index contributed by atoms with van der Waals surface area (Å²) in [6.07, 6.45) is 1.88. The second-order valence-corrected chi connectivity index (χ2v) is 20.7. The van der Waals surface area contributed by atoms with Crippen LogP contribution < -0.4 is 0 Å². The molecule has 0 aliphatic heterocycles. The molecule has 0 fully saturated rings. The Morgan fingerprint density at radius 2 is 1.02 bits per heavy atom. The van der Waals surface area contributed by atoms with Crippen molar-refractivity contribution in [3.05, 3.63) is 180 Å². The molecule has 4 nitrogen and oxygen atoms in total. The number of aromatic hydroxyl groups is 1. The molecule has 3 aromatic heterocycles. The number of hydrogen-bond donors (Lipinski definition) is 1. The first-order valence-corrected chi connectivity index (χ1v) is 22.5. The molecule has 64 heavy (non-hydrogen) atoms. The van der Waals surface area contributed by atoms with E-state index in [4.69, 9.17) is 9.97 Å². The molecule has 9 aromatic rings. The van der Waals surface area contributed by atoms with E-state index in [1.54, 1.807) is 6.07 Å². The average molecular weight is 838 g/mol. The SMILES string of the molecule is Cc1cc(C(C)(C)C)cc(C)c1-n1c2ccccc2c2cc(-c3cccnc3-c3cccc(-c4cc(-c5cc(C(C)(C)C)cc(C(C)(C)C)c5)cc(-c5ccccc5O)n4)c3)ccc21. The molecule has 1 N–H and O–H groups in total. The van der Waals surface area contributed by atoms with Gasteiger partial charge < -0.3 is 9.67 Å². The fourth-order valence-electron chi connectivity index (χ4n) is 9.15. The van der Waals surface area contributed by atoms with E-state index in [2.05, 4.69) is 196 Å². The maximum absolute atomic E-state index is 11.1. The van der Waals surface area contributed by atoms with Crippen LogP contribution in [0.25, 0.3) is 83.5 Å². The zero-order valence-corrected chi connectivity index (χ0v) is 39.2. The summed E-state index contributed by atoms with van der Waals surface area (Å²) in [6.45, 7) is 25.0. The van der Waals surface area contributed by atoms with Crippen molar-refractivity contribution in [3.8, 4) is 67.5 Å². The number of rotatable bonds is 6. The van der Waals surface area contributed by atoms with Gasteiger partial charge in [-0.1, -0.05) is 153 Å². The van der Waals surface area contributed by atoms with Gasteiger partial charge in [0.05, 0.1) is 33.8 Å². The molecule has 0 bridgehead atoms. The van der Waals surface area contributed by atoms with Crippen molar-refractivity contribution >= 4 is 21.8 Å². The van der Waals surface area contributed by atoms with Crippen LogP contribution in [0.3, 0.4) is 0 Å². The molecule has 4 heteroatoms. The summed E-state index contributed by atoms with van der Waals surface area (Å²) in [5.41, 5.74) is 19.5. The van der Waals surface area contributed by atoms with Gasteiger partial charge in [-0.3, -0.25) is 4.98 Å². The van der Waals surface area contributed by atoms with Gasteiger partial charge in [0.15, 0.2) is 0 Å². The van der Waals surface area contributed by atoms with Crippen LogP contribution in [0.1, 0.15) is 90.1 Å². The molecule has 3 heterocycles. The van der Waals surface area contributed by atoms with E-state index in [9.17, 15) is 5.11 Å². The minimum atomic E-state index is -0.0425. The Labute approximate surface area is 379 Å². The lowest BCUT2D eigenvalue weighted by molar-refractivity contribution is 0.477. The van der Waals surface area contributed by atoms with Gasteiger partial charge in [0.2, 0.25) is 0 Å². The van der Waals surface area contributed by atoms with Crippen LogP contribution in [0.2, 0.25) is 0 Å². The predicted molar refractivity (Wildman–Crippen MR) is 271 cm³/mol. The normalized spacial score (nSPS) is 12.4. The summed E-state index contributed by atoms with van der Waals surface area (Å²) in [7, 11) is 0. The van der Waals surface area contributed by atoms with E-state index < -0.39 is 0 Å². The van der Waals surface area contributed by atoms with Crippen molar-refractivity contribution in [1.29, 1.82) is 0 Å². The Morgan fingerprint density at radius 3 is 1.70 bits per heavy atom. The fourth-order valence-corrected chi connectivity index (χ4v) is 9.15. The zero-order chi connectivity index (χ0) is 45.3. The van der Waals surface area contributed by atoms with Gasteiger partial charge in [-0.25, -0.2) is 4.98 Å². The molecule has 0 atom stereocenters. The molecule has 0 spiro atoms. The number of phenolic OH excluding ortho intramolecular Hbond substituents is 1. The van der Waals surface area contributed by atoms with E-state index in [1.165, 1.54) is 55.3 Å². The second kappa shape index (κ2) is 15.8. The van der Waals surface area contributed by atoms with Crippen molar-refractivity contribution in [3.63, 3.8) is 0 Å². The van der Waals surface area contributed by atoms with Crippen LogP contribution >= 0.6 is 0 Å². The monoisotopic (exact) mass is 837 g/mol. The maximum atomic E-state index is 11.1. The molecule has 0 saturated heterocycles. The third-order valence-electron chi connectivity index (χ3n) is 12.8. The summed E-state index contributed by atoms with van der Waals surface area (Å²) >= 11 is 0. The highest BCUT2D eigenvalue weighted by molar-refractivity contribution is 6.11. The van der Waals surface area contributed by atoms with Crippen molar-refractivity contribution in [1.82, 2.24) is 14.5 Å². The summed E-state index contributed by atoms with van der Waals surface area (Å²) in [5.74, 6) is 0.201. The van der Waals surface area contributed by atoms with Crippen molar-refractivity contribution in [2.24, 2.45) is 0 Å². The van der Waals surface area contributed by atoms with Gasteiger partial charge in [0.1, 0.15) is 5.75 Å². The third-order valence-corrected chi connectivity index (χ3v) is 12.8. The van der Waals surface area contributed by atoms with Crippen molar-refractivity contribution < 1.29 is 5.11 Å². The molecule has 320 valence electrons. The van der Waals surface area contributed by atoms with Gasteiger partial charge in [-0.2, -0.15) is 0 Å². The number of aromatic nitrogens is 3. The summed E-state index contributed by atoms with van der Waals surface area (Å²) in [6, 6.07) is 51.9. The number of aryl methyl sites for hydroxylation is 2. The first kappa shape index (κ1) is 42.5. The van der Waals surface area contributed by atoms with Crippen molar-refractivity contribution in [2.75, 3.05) is 0 Å². The molecule has 9 rings (SSSR count). The Hall–Kier alpha value is -6.78. The Kier molecular flexibility index (Phi) is 10.5. The van der Waals surface area contributed by atoms with E-state index in [-0.39, 0.29) is 22.0 Å². The molecule has 0 saturated carbocycles. The third kappa shape index (κ3) is 7.91. The van der Waals surface area contributed by atoms with Gasteiger partial charge >= 0.3 is 0 Å². The van der Waals surface area contributed by atoms with Crippen molar-refractivity contribution in [2.45, 2.75) is 92.4 Å². The highest BCUT2D eigenvalue weighted by Crippen LogP contribution is 2.42. The van der Waals surface area contributed by atoms with Gasteiger partial charge in [0.25, 0.3) is 0 Å². The molecule has 0 aliphatic rings. The lowest BCUT2D eigenvalue weighted by Gasteiger charge is -2.26. The number of para-hydroxylation sites is 2. The van der Waals surface area contributed by atoms with E-state index in [0.717, 1.165) is 50.5 Å². The zero-order valence-electron chi connectivity index (χ0n) is 39.2. The van der Waals surface area contributed by atoms with Gasteiger partial charge in [-0.15, -0.1) is 0 Å². The average Bonchev–Trinajstić information content (AvgIpc) is 3.58. The Morgan fingerprint density at radius 1 is 0.438 bits per heavy atom. The Bertz CT molecular complexity index is 3200. The lowest BCUT2D eigenvalue weighted by atomic mass is 9.79. The number of phenols is 1. The lowest BCUT2D eigenvalue weighted by Crippen LogP contribution is -2.16. The molecule has 6 aromatic carbocycles. The minimum absolute atomic E-state index is 0.0425. The van der Waals surface area contributed by atoms with Crippen LogP contribution in [-0.2, 0) is 16.2 Å². The van der Waals surface area contributed by atoms with Gasteiger partial charge in [-0.05, 0) is 129 Å². The van der Waals surface area contributed by atoms with Crippen LogP contribution in [-0.4, -0.2) is 19.6 Å². The highest BCUT2D eigenvalue weighted by Gasteiger charge is 2.24. The van der Waals surface area contributed by atoms with E-state index in [1.807, 2.05) is 30.5 Å². The number of nitrogens with zero attached hydrogens (tertiary/aromatic N) is 3. The minimum Gasteiger partial charge on any atom is -0.507 e. The quantitative estimate of drug-likeness (QED) is 0.181. The molecule has 0 unspecified atom stereocenters. The standard InChI is InChI=1S/C60H59N3O/c1-37-28-44(58(3,4)5)29-38(2)57(37)63-53-23-14-12-20-48(53)50-33-39(25-26-54(50)63)47-22-17-27-61-56(47)41-19-16-18-40(30-41)51-34-43(35-52(62-51)49-21-13-15-24-55(49)64)42-31-45(59(6,7)8)36-46(32-42)60(9,10)11/h12-36,64H,1-11H3. The highest BCUT2D eigenvalue weighted by atomic mass is 16.3. The molecule has 0 amide bonds. The second-order valence-electron chi connectivity index (χ2n) is 20.7. The first-order valence-electron chi connectivity index (χ1n) is 22.5. The number of benzene rings is 6. The topological polar surface area (TPSA) is 50.9 Å². The molecule has 0 radical (unpaired) electrons. The number of fused-ring (bicyclic) bond motifs is 3. The van der Waals surface area contributed by atoms with Crippen LogP contribution in [0.15, 0.2) is 152 Å². The first-order chi connectivity index (χ1) is 30.3.